The van der Waals surface area contributed by atoms with Crippen LogP contribution in [-0.4, -0.2) is 40.8 Å². The number of benzene rings is 1. The zero-order valence-electron chi connectivity index (χ0n) is 17.0. The summed E-state index contributed by atoms with van der Waals surface area (Å²) in [5.41, 5.74) is 5.16. The number of H-pyrrole nitrogens is 1. The highest BCUT2D eigenvalue weighted by Gasteiger charge is 2.23. The topological polar surface area (TPSA) is 108 Å². The lowest BCUT2D eigenvalue weighted by Gasteiger charge is -2.17. The Morgan fingerprint density at radius 2 is 1.97 bits per heavy atom. The first-order valence-corrected chi connectivity index (χ1v) is 9.74. The van der Waals surface area contributed by atoms with Gasteiger partial charge in [-0.3, -0.25) is 9.78 Å². The molecule has 30 heavy (non-hydrogen) atoms. The van der Waals surface area contributed by atoms with Crippen LogP contribution in [0.3, 0.4) is 0 Å². The molecule has 1 atom stereocenters. The van der Waals surface area contributed by atoms with Gasteiger partial charge < -0.3 is 15.0 Å². The molecule has 2 aromatic heterocycles. The van der Waals surface area contributed by atoms with E-state index < -0.39 is 18.0 Å². The lowest BCUT2D eigenvalue weighted by molar-refractivity contribution is -0.123. The molecule has 0 unspecified atom stereocenters. The maximum atomic E-state index is 12.8. The Morgan fingerprint density at radius 1 is 1.20 bits per heavy atom. The van der Waals surface area contributed by atoms with Crippen molar-refractivity contribution >= 4 is 29.1 Å². The Hall–Kier alpha value is -3.68. The van der Waals surface area contributed by atoms with Crippen molar-refractivity contribution in [1.82, 2.24) is 20.7 Å². The van der Waals surface area contributed by atoms with Crippen LogP contribution in [0.25, 0.3) is 10.9 Å². The largest absolute Gasteiger partial charge is 0.449 e. The van der Waals surface area contributed by atoms with Crippen LogP contribution >= 0.6 is 0 Å². The van der Waals surface area contributed by atoms with Crippen LogP contribution < -0.4 is 10.7 Å². The summed E-state index contributed by atoms with van der Waals surface area (Å²) in [6.07, 6.45) is 6.27. The van der Waals surface area contributed by atoms with Crippen molar-refractivity contribution in [3.05, 3.63) is 66.1 Å². The number of hydrogen-bond donors (Lipinski definition) is 3. The van der Waals surface area contributed by atoms with Gasteiger partial charge in [0.15, 0.2) is 0 Å². The summed E-state index contributed by atoms with van der Waals surface area (Å²) in [6, 6.07) is 10.5. The second-order valence-electron chi connectivity index (χ2n) is 7.27. The fourth-order valence-corrected chi connectivity index (χ4v) is 2.85. The Kier molecular flexibility index (Phi) is 7.15. The summed E-state index contributed by atoms with van der Waals surface area (Å²) in [4.78, 5) is 32.0. The third-order valence-electron chi connectivity index (χ3n) is 4.35. The quantitative estimate of drug-likeness (QED) is 0.394. The van der Waals surface area contributed by atoms with Crippen LogP contribution in [0, 0.1) is 5.92 Å². The number of pyridine rings is 1. The summed E-state index contributed by atoms with van der Waals surface area (Å²) in [7, 11) is 0. The zero-order chi connectivity index (χ0) is 21.3. The van der Waals surface area contributed by atoms with Crippen LogP contribution in [0.4, 0.5) is 4.79 Å². The van der Waals surface area contributed by atoms with Gasteiger partial charge in [-0.15, -0.1) is 0 Å². The first-order valence-electron chi connectivity index (χ1n) is 9.74. The van der Waals surface area contributed by atoms with Gasteiger partial charge in [-0.05, 0) is 35.2 Å². The van der Waals surface area contributed by atoms with Crippen LogP contribution in [0.1, 0.15) is 25.0 Å². The van der Waals surface area contributed by atoms with Gasteiger partial charge >= 0.3 is 6.09 Å². The number of fused-ring (bicyclic) bond motifs is 1. The first-order chi connectivity index (χ1) is 14.5. The number of rotatable bonds is 8. The van der Waals surface area contributed by atoms with E-state index >= 15 is 0 Å². The number of nitrogens with zero attached hydrogens (tertiary/aromatic N) is 2. The summed E-state index contributed by atoms with van der Waals surface area (Å²) in [5.74, 6) is -0.242. The number of hydrazone groups is 1. The zero-order valence-corrected chi connectivity index (χ0v) is 17.0. The molecule has 0 aliphatic rings. The Labute approximate surface area is 174 Å². The van der Waals surface area contributed by atoms with Crippen molar-refractivity contribution in [1.29, 1.82) is 0 Å². The van der Waals surface area contributed by atoms with E-state index in [1.54, 1.807) is 24.5 Å². The molecule has 0 radical (unpaired) electrons. The molecule has 0 bridgehead atoms. The third-order valence-corrected chi connectivity index (χ3v) is 4.35. The van der Waals surface area contributed by atoms with Crippen LogP contribution in [-0.2, 0) is 16.0 Å². The van der Waals surface area contributed by atoms with E-state index in [0.717, 1.165) is 22.0 Å². The lowest BCUT2D eigenvalue weighted by atomic mass is 10.0. The molecule has 1 aromatic carbocycles. The highest BCUT2D eigenvalue weighted by atomic mass is 16.5. The van der Waals surface area contributed by atoms with Gasteiger partial charge in [0.2, 0.25) is 0 Å². The molecule has 3 N–H and O–H groups in total. The van der Waals surface area contributed by atoms with Crippen molar-refractivity contribution in [2.24, 2.45) is 11.0 Å². The van der Waals surface area contributed by atoms with E-state index in [4.69, 9.17) is 4.74 Å². The molecule has 156 valence electrons. The summed E-state index contributed by atoms with van der Waals surface area (Å²) in [6.45, 7) is 4.15. The number of carbonyl (C=O) groups is 2. The van der Waals surface area contributed by atoms with Gasteiger partial charge in [-0.2, -0.15) is 5.10 Å². The second-order valence-corrected chi connectivity index (χ2v) is 7.27. The number of carbonyl (C=O) groups excluding carboxylic acids is 2. The molecule has 0 saturated carbocycles. The van der Waals surface area contributed by atoms with E-state index in [0.29, 0.717) is 0 Å². The van der Waals surface area contributed by atoms with E-state index in [1.165, 1.54) is 6.21 Å². The minimum Gasteiger partial charge on any atom is -0.449 e. The molecule has 0 fully saturated rings. The van der Waals surface area contributed by atoms with E-state index in [9.17, 15) is 9.59 Å². The average Bonchev–Trinajstić information content (AvgIpc) is 3.15. The van der Waals surface area contributed by atoms with E-state index in [-0.39, 0.29) is 18.9 Å². The highest BCUT2D eigenvalue weighted by molar-refractivity contribution is 5.89. The fraction of sp³-hybridized carbons (Fsp3) is 0.273. The Bertz CT molecular complexity index is 1010. The normalized spacial score (nSPS) is 12.2. The van der Waals surface area contributed by atoms with Gasteiger partial charge in [0.1, 0.15) is 6.04 Å². The standard InChI is InChI=1S/C22H25N5O3/c1-15(2)14-30-22(29)26-20(11-17-13-24-19-6-4-3-5-18(17)19)21(28)27-25-12-16-7-9-23-10-8-16/h3-10,12-13,15,20,24H,11,14H2,1-2H3,(H,26,29)(H,27,28)/b25-12+/t20-/m1/s1. The molecule has 0 saturated heterocycles. The van der Waals surface area contributed by atoms with Gasteiger partial charge in [-0.1, -0.05) is 32.0 Å². The van der Waals surface area contributed by atoms with Gasteiger partial charge in [0.25, 0.3) is 5.91 Å². The van der Waals surface area contributed by atoms with Crippen LogP contribution in [0.2, 0.25) is 0 Å². The van der Waals surface area contributed by atoms with Crippen molar-refractivity contribution in [2.75, 3.05) is 6.61 Å². The Morgan fingerprint density at radius 3 is 2.73 bits per heavy atom. The monoisotopic (exact) mass is 407 g/mol. The number of hydrogen-bond acceptors (Lipinski definition) is 5. The molecule has 3 aromatic rings. The summed E-state index contributed by atoms with van der Waals surface area (Å²) < 4.78 is 5.18. The lowest BCUT2D eigenvalue weighted by Crippen LogP contribution is -2.47. The van der Waals surface area contributed by atoms with Crippen molar-refractivity contribution in [3.63, 3.8) is 0 Å². The number of aromatic amines is 1. The highest BCUT2D eigenvalue weighted by Crippen LogP contribution is 2.19. The smallest absolute Gasteiger partial charge is 0.407 e. The number of nitrogens with one attached hydrogen (secondary N) is 3. The maximum Gasteiger partial charge on any atom is 0.407 e. The van der Waals surface area contributed by atoms with Crippen LogP contribution in [0.5, 0.6) is 0 Å². The van der Waals surface area contributed by atoms with Crippen molar-refractivity contribution < 1.29 is 14.3 Å². The van der Waals surface area contributed by atoms with Crippen LogP contribution in [0.15, 0.2) is 60.1 Å². The molecular formula is C22H25N5O3. The van der Waals surface area contributed by atoms with Gasteiger partial charge in [0, 0.05) is 35.9 Å². The molecule has 0 aliphatic carbocycles. The van der Waals surface area contributed by atoms with E-state index in [2.05, 4.69) is 25.8 Å². The Balaban J connectivity index is 1.71. The third kappa shape index (κ3) is 5.91. The van der Waals surface area contributed by atoms with Crippen molar-refractivity contribution in [3.8, 4) is 0 Å². The molecule has 0 aliphatic heterocycles. The molecular weight excluding hydrogens is 382 g/mol. The van der Waals surface area contributed by atoms with Gasteiger partial charge in [0.05, 0.1) is 12.8 Å². The number of amides is 2. The number of alkyl carbamates (subject to hydrolysis) is 1. The van der Waals surface area contributed by atoms with Crippen molar-refractivity contribution in [2.45, 2.75) is 26.3 Å². The first kappa shape index (κ1) is 21.0. The number of para-hydroxylation sites is 1. The molecule has 2 amide bonds. The molecule has 8 nitrogen and oxygen atoms in total. The average molecular weight is 407 g/mol. The predicted octanol–water partition coefficient (Wildman–Crippen LogP) is 3.01. The predicted molar refractivity (Wildman–Crippen MR) is 115 cm³/mol. The molecule has 0 spiro atoms. The maximum absolute atomic E-state index is 12.8. The minimum atomic E-state index is -0.849. The molecule has 3 rings (SSSR count). The van der Waals surface area contributed by atoms with E-state index in [1.807, 2.05) is 44.3 Å². The SMILES string of the molecule is CC(C)COC(=O)N[C@H](Cc1c[nH]c2ccccc12)C(=O)N/N=C/c1ccncc1. The second kappa shape index (κ2) is 10.2. The minimum absolute atomic E-state index is 0.196. The fourth-order valence-electron chi connectivity index (χ4n) is 2.85. The number of ether oxygens (including phenoxy) is 1. The summed E-state index contributed by atoms with van der Waals surface area (Å²) in [5, 5.41) is 7.63. The number of aromatic nitrogens is 2. The molecule has 2 heterocycles. The summed E-state index contributed by atoms with van der Waals surface area (Å²) >= 11 is 0. The molecule has 8 heteroatoms. The van der Waals surface area contributed by atoms with Gasteiger partial charge in [-0.25, -0.2) is 10.2 Å².